The number of rotatable bonds is 3. The second kappa shape index (κ2) is 6.50. The smallest absolute Gasteiger partial charge is 0.254 e. The van der Waals surface area contributed by atoms with Crippen LogP contribution in [-0.2, 0) is 0 Å². The van der Waals surface area contributed by atoms with Crippen LogP contribution >= 0.6 is 11.6 Å². The fourth-order valence-electron chi connectivity index (χ4n) is 2.67. The summed E-state index contributed by atoms with van der Waals surface area (Å²) in [5, 5.41) is 11.4. The molecule has 2 atom stereocenters. The normalized spacial score (nSPS) is 21.5. The maximum atomic E-state index is 12.3. The molecular weight excluding hydrogens is 300 g/mol. The first-order chi connectivity index (χ1) is 10.6. The highest BCUT2D eigenvalue weighted by Crippen LogP contribution is 2.14. The lowest BCUT2D eigenvalue weighted by Gasteiger charge is -2.30. The first kappa shape index (κ1) is 15.1. The zero-order valence-electron chi connectivity index (χ0n) is 12.4. The summed E-state index contributed by atoms with van der Waals surface area (Å²) in [5.74, 6) is -0.0826. The van der Waals surface area contributed by atoms with E-state index in [1.54, 1.807) is 29.2 Å². The van der Waals surface area contributed by atoms with Crippen LogP contribution in [-0.4, -0.2) is 34.3 Å². The predicted molar refractivity (Wildman–Crippen MR) is 86.5 cm³/mol. The summed E-state index contributed by atoms with van der Waals surface area (Å²) in [4.78, 5) is 12.3. The summed E-state index contributed by atoms with van der Waals surface area (Å²) in [6.07, 6.45) is 5.41. The molecule has 0 bridgehead atoms. The molecule has 22 heavy (non-hydrogen) atoms. The van der Waals surface area contributed by atoms with Crippen molar-refractivity contribution in [3.8, 4) is 5.69 Å². The molecule has 0 saturated carbocycles. The third-order valence-electron chi connectivity index (χ3n) is 4.01. The van der Waals surface area contributed by atoms with Gasteiger partial charge in [0.25, 0.3) is 5.91 Å². The van der Waals surface area contributed by atoms with Gasteiger partial charge >= 0.3 is 0 Å². The summed E-state index contributed by atoms with van der Waals surface area (Å²) in [6.45, 7) is 3.11. The van der Waals surface area contributed by atoms with Crippen LogP contribution < -0.4 is 10.6 Å². The minimum Gasteiger partial charge on any atom is -0.348 e. The van der Waals surface area contributed by atoms with E-state index >= 15 is 0 Å². The van der Waals surface area contributed by atoms with Crippen molar-refractivity contribution in [1.82, 2.24) is 20.4 Å². The van der Waals surface area contributed by atoms with E-state index in [9.17, 15) is 4.79 Å². The molecule has 1 fully saturated rings. The average Bonchev–Trinajstić information content (AvgIpc) is 3.00. The zero-order chi connectivity index (χ0) is 15.5. The summed E-state index contributed by atoms with van der Waals surface area (Å²) >= 11 is 5.88. The van der Waals surface area contributed by atoms with Crippen LogP contribution in [0.4, 0.5) is 0 Å². The van der Waals surface area contributed by atoms with Crippen molar-refractivity contribution in [2.24, 2.45) is 0 Å². The summed E-state index contributed by atoms with van der Waals surface area (Å²) in [6, 6.07) is 7.79. The van der Waals surface area contributed by atoms with Gasteiger partial charge in [0.15, 0.2) is 0 Å². The topological polar surface area (TPSA) is 58.9 Å². The number of nitrogens with one attached hydrogen (secondary N) is 2. The Labute approximate surface area is 134 Å². The molecule has 0 spiro atoms. The first-order valence-corrected chi connectivity index (χ1v) is 7.86. The molecule has 2 unspecified atom stereocenters. The van der Waals surface area contributed by atoms with E-state index in [1.807, 2.05) is 12.1 Å². The summed E-state index contributed by atoms with van der Waals surface area (Å²) < 4.78 is 1.67. The Morgan fingerprint density at radius 1 is 1.41 bits per heavy atom. The van der Waals surface area contributed by atoms with Crippen molar-refractivity contribution in [2.45, 2.75) is 31.8 Å². The van der Waals surface area contributed by atoms with Gasteiger partial charge in [-0.2, -0.15) is 5.10 Å². The van der Waals surface area contributed by atoms with Crippen LogP contribution in [0, 0.1) is 0 Å². The van der Waals surface area contributed by atoms with Crippen molar-refractivity contribution < 1.29 is 4.79 Å². The fourth-order valence-corrected chi connectivity index (χ4v) is 2.79. The van der Waals surface area contributed by atoms with E-state index < -0.39 is 0 Å². The molecule has 5 nitrogen and oxygen atoms in total. The summed E-state index contributed by atoms with van der Waals surface area (Å²) in [5.41, 5.74) is 1.43. The molecule has 3 rings (SSSR count). The number of piperidine rings is 1. The number of carbonyl (C=O) groups excluding carboxylic acids is 1. The van der Waals surface area contributed by atoms with Crippen LogP contribution in [0.5, 0.6) is 0 Å². The van der Waals surface area contributed by atoms with E-state index in [0.717, 1.165) is 25.1 Å². The molecule has 1 saturated heterocycles. The molecule has 2 heterocycles. The molecule has 1 aromatic carbocycles. The van der Waals surface area contributed by atoms with Gasteiger partial charge in [0.2, 0.25) is 0 Å². The number of nitrogens with zero attached hydrogens (tertiary/aromatic N) is 2. The molecule has 1 amide bonds. The minimum absolute atomic E-state index is 0.0826. The maximum absolute atomic E-state index is 12.3. The molecule has 1 aliphatic heterocycles. The number of amides is 1. The molecule has 116 valence electrons. The average molecular weight is 319 g/mol. The van der Waals surface area contributed by atoms with Gasteiger partial charge in [-0.05, 0) is 50.6 Å². The Hall–Kier alpha value is -1.85. The van der Waals surface area contributed by atoms with E-state index in [-0.39, 0.29) is 11.9 Å². The monoisotopic (exact) mass is 318 g/mol. The van der Waals surface area contributed by atoms with Crippen LogP contribution in [0.25, 0.3) is 5.69 Å². The molecule has 0 aliphatic carbocycles. The van der Waals surface area contributed by atoms with Gasteiger partial charge in [-0.25, -0.2) is 4.68 Å². The van der Waals surface area contributed by atoms with Crippen molar-refractivity contribution in [3.63, 3.8) is 0 Å². The van der Waals surface area contributed by atoms with Crippen LogP contribution in [0.2, 0.25) is 5.02 Å². The van der Waals surface area contributed by atoms with Gasteiger partial charge < -0.3 is 10.6 Å². The standard InChI is InChI=1S/C16H19ClN4O/c1-11-15(3-2-8-18-11)20-16(22)12-9-19-21(10-12)14-6-4-13(17)5-7-14/h4-7,9-11,15,18H,2-3,8H2,1H3,(H,20,22). The highest BCUT2D eigenvalue weighted by Gasteiger charge is 2.23. The van der Waals surface area contributed by atoms with Gasteiger partial charge in [-0.3, -0.25) is 4.79 Å². The molecule has 2 aromatic rings. The Kier molecular flexibility index (Phi) is 4.45. The van der Waals surface area contributed by atoms with Crippen LogP contribution in [0.1, 0.15) is 30.1 Å². The maximum Gasteiger partial charge on any atom is 0.254 e. The lowest BCUT2D eigenvalue weighted by molar-refractivity contribution is 0.0920. The van der Waals surface area contributed by atoms with Crippen molar-refractivity contribution in [3.05, 3.63) is 47.2 Å². The van der Waals surface area contributed by atoms with Crippen LogP contribution in [0.3, 0.4) is 0 Å². The van der Waals surface area contributed by atoms with E-state index in [1.165, 1.54) is 0 Å². The molecule has 1 aromatic heterocycles. The van der Waals surface area contributed by atoms with Gasteiger partial charge in [0.05, 0.1) is 17.4 Å². The molecule has 1 aliphatic rings. The van der Waals surface area contributed by atoms with Crippen molar-refractivity contribution in [2.75, 3.05) is 6.54 Å². The Morgan fingerprint density at radius 2 is 2.18 bits per heavy atom. The first-order valence-electron chi connectivity index (χ1n) is 7.48. The molecule has 6 heteroatoms. The number of hydrogen-bond donors (Lipinski definition) is 2. The van der Waals surface area contributed by atoms with E-state index in [2.05, 4.69) is 22.7 Å². The second-order valence-corrected chi connectivity index (χ2v) is 6.05. The Balaban J connectivity index is 1.70. The number of halogens is 1. The van der Waals surface area contributed by atoms with Gasteiger partial charge in [-0.1, -0.05) is 11.6 Å². The lowest BCUT2D eigenvalue weighted by Crippen LogP contribution is -2.51. The lowest BCUT2D eigenvalue weighted by atomic mass is 10.00. The molecule has 0 radical (unpaired) electrons. The predicted octanol–water partition coefficient (Wildman–Crippen LogP) is 2.40. The van der Waals surface area contributed by atoms with Gasteiger partial charge in [-0.15, -0.1) is 0 Å². The van der Waals surface area contributed by atoms with Gasteiger partial charge in [0.1, 0.15) is 0 Å². The van der Waals surface area contributed by atoms with Crippen molar-refractivity contribution >= 4 is 17.5 Å². The molecule has 2 N–H and O–H groups in total. The number of carbonyl (C=O) groups is 1. The Bertz CT molecular complexity index is 652. The third-order valence-corrected chi connectivity index (χ3v) is 4.27. The number of hydrogen-bond acceptors (Lipinski definition) is 3. The third kappa shape index (κ3) is 3.31. The van der Waals surface area contributed by atoms with E-state index in [0.29, 0.717) is 16.6 Å². The minimum atomic E-state index is -0.0826. The van der Waals surface area contributed by atoms with Gasteiger partial charge in [0, 0.05) is 23.3 Å². The number of aromatic nitrogens is 2. The highest BCUT2D eigenvalue weighted by atomic mass is 35.5. The second-order valence-electron chi connectivity index (χ2n) is 5.61. The quantitative estimate of drug-likeness (QED) is 0.913. The highest BCUT2D eigenvalue weighted by molar-refractivity contribution is 6.30. The largest absolute Gasteiger partial charge is 0.348 e. The molecular formula is C16H19ClN4O. The number of benzene rings is 1. The van der Waals surface area contributed by atoms with E-state index in [4.69, 9.17) is 11.6 Å². The van der Waals surface area contributed by atoms with Crippen LogP contribution in [0.15, 0.2) is 36.7 Å². The Morgan fingerprint density at radius 3 is 2.91 bits per heavy atom. The SMILES string of the molecule is CC1NCCCC1NC(=O)c1cnn(-c2ccc(Cl)cc2)c1. The summed E-state index contributed by atoms with van der Waals surface area (Å²) in [7, 11) is 0. The zero-order valence-corrected chi connectivity index (χ0v) is 13.2. The van der Waals surface area contributed by atoms with Crippen molar-refractivity contribution in [1.29, 1.82) is 0 Å². The fraction of sp³-hybridized carbons (Fsp3) is 0.375.